The first-order valence-electron chi connectivity index (χ1n) is 16.4. The normalized spacial score (nSPS) is 21.3. The van der Waals surface area contributed by atoms with Crippen LogP contribution in [0.1, 0.15) is 110 Å². The molecule has 220 valence electrons. The highest BCUT2D eigenvalue weighted by Crippen LogP contribution is 2.33. The topological polar surface area (TPSA) is 9.23 Å². The quantitative estimate of drug-likeness (QED) is 0.209. The van der Waals surface area contributed by atoms with Crippen LogP contribution in [0.25, 0.3) is 0 Å². The van der Waals surface area contributed by atoms with Crippen LogP contribution in [0, 0.1) is 5.92 Å². The van der Waals surface area contributed by atoms with Gasteiger partial charge in [0.15, 0.2) is 0 Å². The molecule has 0 aromatic heterocycles. The zero-order valence-corrected chi connectivity index (χ0v) is 26.3. The smallest absolute Gasteiger partial charge is 0.122 e. The summed E-state index contributed by atoms with van der Waals surface area (Å²) in [7, 11) is 0. The van der Waals surface area contributed by atoms with Gasteiger partial charge in [0.05, 0.1) is 6.61 Å². The van der Waals surface area contributed by atoms with E-state index in [-0.39, 0.29) is 0 Å². The van der Waals surface area contributed by atoms with Crippen molar-refractivity contribution < 1.29 is 4.74 Å². The third-order valence-electron chi connectivity index (χ3n) is 9.62. The van der Waals surface area contributed by atoms with E-state index in [0.717, 1.165) is 36.5 Å². The Morgan fingerprint density at radius 3 is 1.52 bits per heavy atom. The number of rotatable bonds is 0. The molecule has 0 N–H and O–H groups in total. The Hall–Kier alpha value is -3.32. The summed E-state index contributed by atoms with van der Waals surface area (Å²) in [5.41, 5.74) is 10.8. The van der Waals surface area contributed by atoms with Gasteiger partial charge >= 0.3 is 0 Å². The number of aryl methyl sites for hydroxylation is 2. The van der Waals surface area contributed by atoms with Crippen LogP contribution in [0.15, 0.2) is 97.1 Å². The highest BCUT2D eigenvalue weighted by Gasteiger charge is 2.18. The number of fused-ring (bicyclic) bond motifs is 4. The van der Waals surface area contributed by atoms with Crippen LogP contribution in [0.4, 0.5) is 0 Å². The van der Waals surface area contributed by atoms with Crippen molar-refractivity contribution in [2.75, 3.05) is 6.61 Å². The fourth-order valence-electron chi connectivity index (χ4n) is 7.07. The summed E-state index contributed by atoms with van der Waals surface area (Å²) in [5, 5.41) is 0. The van der Waals surface area contributed by atoms with Crippen molar-refractivity contribution in [3.8, 4) is 5.75 Å². The third kappa shape index (κ3) is 7.74. The Morgan fingerprint density at radius 1 is 0.476 bits per heavy atom. The predicted molar refractivity (Wildman–Crippen MR) is 179 cm³/mol. The number of para-hydroxylation sites is 1. The minimum atomic E-state index is 0.667. The second kappa shape index (κ2) is 14.7. The van der Waals surface area contributed by atoms with Gasteiger partial charge in [0, 0.05) is 0 Å². The molecule has 0 saturated heterocycles. The van der Waals surface area contributed by atoms with Crippen molar-refractivity contribution >= 4 is 0 Å². The molecule has 42 heavy (non-hydrogen) atoms. The van der Waals surface area contributed by atoms with Gasteiger partial charge in [-0.05, 0) is 120 Å². The molecule has 0 spiro atoms. The van der Waals surface area contributed by atoms with Gasteiger partial charge in [0.2, 0.25) is 0 Å². The molecule has 1 nitrogen and oxygen atoms in total. The molecule has 0 fully saturated rings. The summed E-state index contributed by atoms with van der Waals surface area (Å²) in [6.07, 6.45) is 10.4. The molecule has 4 aromatic carbocycles. The lowest BCUT2D eigenvalue weighted by Crippen LogP contribution is -2.11. The Balaban J connectivity index is 0.000000112. The summed E-state index contributed by atoms with van der Waals surface area (Å²) in [5.74, 6) is 4.21. The molecule has 4 aliphatic rings. The standard InChI is InChI=1S/C11H14.C10H12O.2C10H12/c1-9-5-4-7-10-6-2-3-8-11(9)10;1-8-6-7-11-10-5-3-2-4-9(8)10;1-8-6-9-4-2-3-5-10(9)7-8;1-8-6-7-9-4-2-3-5-10(8)9/h2-3,6,8-9H,4-5,7H2,1H3;2-5,8H,6-7H2,1H3;2*2-5,8H,6-7H2,1H3. The maximum absolute atomic E-state index is 5.49. The monoisotopic (exact) mass is 558 g/mol. The van der Waals surface area contributed by atoms with Gasteiger partial charge in [-0.1, -0.05) is 119 Å². The molecular formula is C41H50O. The molecule has 1 heteroatoms. The SMILES string of the molecule is CC1CCCc2ccccc21.CC1CCOc2ccccc21.CC1CCc2ccccc21.CC1Cc2ccccc2C1. The van der Waals surface area contributed by atoms with Crippen LogP contribution < -0.4 is 4.74 Å². The van der Waals surface area contributed by atoms with E-state index in [2.05, 4.69) is 113 Å². The van der Waals surface area contributed by atoms with Crippen LogP contribution in [-0.4, -0.2) is 6.61 Å². The van der Waals surface area contributed by atoms with Gasteiger partial charge in [-0.3, -0.25) is 0 Å². The molecular weight excluding hydrogens is 508 g/mol. The van der Waals surface area contributed by atoms with Crippen LogP contribution >= 0.6 is 0 Å². The Labute approximate surface area is 255 Å². The van der Waals surface area contributed by atoms with E-state index < -0.39 is 0 Å². The van der Waals surface area contributed by atoms with Crippen molar-refractivity contribution in [2.24, 2.45) is 5.92 Å². The van der Waals surface area contributed by atoms with Crippen molar-refractivity contribution in [1.82, 2.24) is 0 Å². The minimum Gasteiger partial charge on any atom is -0.493 e. The van der Waals surface area contributed by atoms with Gasteiger partial charge in [0.25, 0.3) is 0 Å². The van der Waals surface area contributed by atoms with Crippen LogP contribution in [0.2, 0.25) is 0 Å². The molecule has 4 aromatic rings. The van der Waals surface area contributed by atoms with E-state index in [4.69, 9.17) is 4.74 Å². The van der Waals surface area contributed by atoms with Crippen molar-refractivity contribution in [1.29, 1.82) is 0 Å². The molecule has 0 amide bonds. The summed E-state index contributed by atoms with van der Waals surface area (Å²) in [6, 6.07) is 34.7. The van der Waals surface area contributed by atoms with Gasteiger partial charge in [-0.15, -0.1) is 0 Å². The average molecular weight is 559 g/mol. The van der Waals surface area contributed by atoms with Crippen molar-refractivity contribution in [2.45, 2.75) is 96.8 Å². The lowest BCUT2D eigenvalue weighted by molar-refractivity contribution is 0.272. The predicted octanol–water partition coefficient (Wildman–Crippen LogP) is 10.9. The molecule has 1 heterocycles. The molecule has 8 rings (SSSR count). The fraction of sp³-hybridized carbons (Fsp3) is 0.415. The first kappa shape index (κ1) is 30.1. The third-order valence-corrected chi connectivity index (χ3v) is 9.62. The number of benzene rings is 4. The number of hydrogen-bond donors (Lipinski definition) is 0. The van der Waals surface area contributed by atoms with Crippen LogP contribution in [0.3, 0.4) is 0 Å². The molecule has 0 bridgehead atoms. The molecule has 3 atom stereocenters. The molecule has 0 saturated carbocycles. The fourth-order valence-corrected chi connectivity index (χ4v) is 7.07. The molecule has 3 unspecified atom stereocenters. The van der Waals surface area contributed by atoms with Crippen LogP contribution in [-0.2, 0) is 25.7 Å². The number of hydrogen-bond acceptors (Lipinski definition) is 1. The summed E-state index contributed by atoms with van der Waals surface area (Å²) in [6.45, 7) is 10.1. The highest BCUT2D eigenvalue weighted by atomic mass is 16.5. The van der Waals surface area contributed by atoms with Gasteiger partial charge < -0.3 is 4.74 Å². The Bertz CT molecular complexity index is 1340. The summed E-state index contributed by atoms with van der Waals surface area (Å²) in [4.78, 5) is 0. The minimum absolute atomic E-state index is 0.667. The zero-order valence-electron chi connectivity index (χ0n) is 26.3. The Kier molecular flexibility index (Phi) is 10.6. The van der Waals surface area contributed by atoms with Gasteiger partial charge in [-0.2, -0.15) is 0 Å². The summed E-state index contributed by atoms with van der Waals surface area (Å²) < 4.78 is 5.49. The molecule has 0 radical (unpaired) electrons. The second-order valence-electron chi connectivity index (χ2n) is 13.0. The maximum Gasteiger partial charge on any atom is 0.122 e. The Morgan fingerprint density at radius 2 is 0.952 bits per heavy atom. The van der Waals surface area contributed by atoms with Crippen molar-refractivity contribution in [3.05, 3.63) is 136 Å². The van der Waals surface area contributed by atoms with Gasteiger partial charge in [-0.25, -0.2) is 0 Å². The highest BCUT2D eigenvalue weighted by molar-refractivity contribution is 5.37. The van der Waals surface area contributed by atoms with E-state index in [1.54, 1.807) is 33.4 Å². The van der Waals surface area contributed by atoms with Gasteiger partial charge in [0.1, 0.15) is 5.75 Å². The van der Waals surface area contributed by atoms with E-state index >= 15 is 0 Å². The maximum atomic E-state index is 5.49. The first-order chi connectivity index (χ1) is 20.5. The lowest BCUT2D eigenvalue weighted by atomic mass is 9.84. The second-order valence-corrected chi connectivity index (χ2v) is 13.0. The van der Waals surface area contributed by atoms with E-state index in [1.807, 2.05) is 12.1 Å². The van der Waals surface area contributed by atoms with E-state index in [1.165, 1.54) is 50.5 Å². The zero-order chi connectivity index (χ0) is 29.3. The average Bonchev–Trinajstić information content (AvgIpc) is 3.60. The lowest BCUT2D eigenvalue weighted by Gasteiger charge is -2.22. The molecule has 1 aliphatic heterocycles. The van der Waals surface area contributed by atoms with Crippen molar-refractivity contribution in [3.63, 3.8) is 0 Å². The molecule has 3 aliphatic carbocycles. The number of ether oxygens (including phenoxy) is 1. The first-order valence-corrected chi connectivity index (χ1v) is 16.4. The summed E-state index contributed by atoms with van der Waals surface area (Å²) >= 11 is 0. The van der Waals surface area contributed by atoms with E-state index in [0.29, 0.717) is 5.92 Å². The largest absolute Gasteiger partial charge is 0.493 e. The van der Waals surface area contributed by atoms with E-state index in [9.17, 15) is 0 Å². The van der Waals surface area contributed by atoms with Crippen LogP contribution in [0.5, 0.6) is 5.75 Å².